The van der Waals surface area contributed by atoms with Gasteiger partial charge in [0.15, 0.2) is 0 Å². The van der Waals surface area contributed by atoms with E-state index in [2.05, 4.69) is 5.32 Å². The number of benzene rings is 2. The van der Waals surface area contributed by atoms with Crippen LogP contribution >= 0.6 is 7.26 Å². The van der Waals surface area contributed by atoms with Crippen LogP contribution in [0.25, 0.3) is 0 Å². The SMILES string of the molecule is COc1cc(C)c(NC(=O)C2([PH]3(CC(=O)OCc4ccccc4)CCCCC3)CCC2)c(C)c1. The molecule has 2 aliphatic rings. The normalized spacial score (nSPS) is 19.4. The maximum absolute atomic E-state index is 14.0. The van der Waals surface area contributed by atoms with Crippen molar-refractivity contribution in [2.75, 3.05) is 30.9 Å². The van der Waals surface area contributed by atoms with Crippen LogP contribution in [-0.2, 0) is 20.9 Å². The summed E-state index contributed by atoms with van der Waals surface area (Å²) in [7, 11) is -0.574. The van der Waals surface area contributed by atoms with Gasteiger partial charge in [-0.3, -0.25) is 0 Å². The van der Waals surface area contributed by atoms with Gasteiger partial charge in [0.2, 0.25) is 0 Å². The molecule has 0 bridgehead atoms. The van der Waals surface area contributed by atoms with E-state index >= 15 is 0 Å². The van der Waals surface area contributed by atoms with Crippen LogP contribution in [0.5, 0.6) is 5.75 Å². The predicted octanol–water partition coefficient (Wildman–Crippen LogP) is 5.85. The number of carbonyl (C=O) groups excluding carboxylic acids is 2. The van der Waals surface area contributed by atoms with E-state index in [1.807, 2.05) is 56.3 Å². The number of anilines is 1. The number of esters is 1. The van der Waals surface area contributed by atoms with Crippen LogP contribution in [0.4, 0.5) is 5.69 Å². The van der Waals surface area contributed by atoms with Crippen LogP contribution in [0.2, 0.25) is 0 Å². The third kappa shape index (κ3) is 4.86. The van der Waals surface area contributed by atoms with Gasteiger partial charge in [-0.15, -0.1) is 0 Å². The molecule has 1 aliphatic heterocycles. The Hall–Kier alpha value is -2.39. The average Bonchev–Trinajstić information content (AvgIpc) is 2.80. The van der Waals surface area contributed by atoms with Gasteiger partial charge in [0.1, 0.15) is 0 Å². The summed E-state index contributed by atoms with van der Waals surface area (Å²) in [6, 6.07) is 13.7. The van der Waals surface area contributed by atoms with E-state index in [9.17, 15) is 9.59 Å². The van der Waals surface area contributed by atoms with Crippen molar-refractivity contribution in [2.45, 2.75) is 64.1 Å². The minimum atomic E-state index is -2.23. The summed E-state index contributed by atoms with van der Waals surface area (Å²) < 4.78 is 11.1. The molecule has 2 aromatic rings. The topological polar surface area (TPSA) is 64.6 Å². The van der Waals surface area contributed by atoms with Gasteiger partial charge in [-0.05, 0) is 0 Å². The first-order valence-corrected chi connectivity index (χ1v) is 15.2. The molecule has 2 fully saturated rings. The molecule has 6 heteroatoms. The zero-order valence-corrected chi connectivity index (χ0v) is 21.7. The molecule has 1 saturated carbocycles. The van der Waals surface area contributed by atoms with Gasteiger partial charge in [0, 0.05) is 0 Å². The Labute approximate surface area is 204 Å². The standard InChI is InChI=1S/C28H38NO4P/c1-21-17-24(32-3)18-22(2)26(21)29-27(31)28(13-10-14-28)34(15-8-5-9-16-34)20-25(30)33-19-23-11-6-4-7-12-23/h4,6-7,11-12,17-18,34H,5,8-10,13-16,19-20H2,1-3H3,(H,29,31). The van der Waals surface area contributed by atoms with Crippen molar-refractivity contribution in [3.05, 3.63) is 59.2 Å². The maximum atomic E-state index is 14.0. The van der Waals surface area contributed by atoms with Gasteiger partial charge >= 0.3 is 204 Å². The molecule has 1 heterocycles. The van der Waals surface area contributed by atoms with E-state index in [1.165, 1.54) is 6.42 Å². The van der Waals surface area contributed by atoms with Gasteiger partial charge < -0.3 is 0 Å². The van der Waals surface area contributed by atoms with Crippen LogP contribution in [0.15, 0.2) is 42.5 Å². The van der Waals surface area contributed by atoms with Crippen LogP contribution in [0.1, 0.15) is 55.2 Å². The Balaban J connectivity index is 1.55. The molecular formula is C28H38NO4P. The molecule has 0 aromatic heterocycles. The van der Waals surface area contributed by atoms with E-state index in [4.69, 9.17) is 9.47 Å². The Morgan fingerprint density at radius 2 is 1.62 bits per heavy atom. The van der Waals surface area contributed by atoms with Gasteiger partial charge in [0.25, 0.3) is 0 Å². The summed E-state index contributed by atoms with van der Waals surface area (Å²) in [5.41, 5.74) is 3.88. The number of ether oxygens (including phenoxy) is 2. The van der Waals surface area contributed by atoms with Crippen LogP contribution in [0, 0.1) is 13.8 Å². The number of methoxy groups -OCH3 is 1. The van der Waals surface area contributed by atoms with Crippen LogP contribution < -0.4 is 10.1 Å². The monoisotopic (exact) mass is 483 g/mol. The molecule has 0 radical (unpaired) electrons. The summed E-state index contributed by atoms with van der Waals surface area (Å²) in [6.07, 6.45) is 8.82. The van der Waals surface area contributed by atoms with Crippen molar-refractivity contribution in [1.29, 1.82) is 0 Å². The molecule has 4 rings (SSSR count). The Morgan fingerprint density at radius 1 is 0.971 bits per heavy atom. The van der Waals surface area contributed by atoms with Crippen molar-refractivity contribution in [2.24, 2.45) is 0 Å². The third-order valence-electron chi connectivity index (χ3n) is 8.17. The van der Waals surface area contributed by atoms with E-state index in [-0.39, 0.29) is 17.0 Å². The summed E-state index contributed by atoms with van der Waals surface area (Å²) in [5, 5.41) is 2.94. The van der Waals surface area contributed by atoms with Crippen LogP contribution in [0.3, 0.4) is 0 Å². The van der Waals surface area contributed by atoms with Crippen molar-refractivity contribution < 1.29 is 19.1 Å². The number of aryl methyl sites for hydroxylation is 2. The molecular weight excluding hydrogens is 445 g/mol. The second-order valence-corrected chi connectivity index (χ2v) is 15.1. The van der Waals surface area contributed by atoms with Gasteiger partial charge in [-0.1, -0.05) is 0 Å². The first-order chi connectivity index (χ1) is 16.4. The zero-order valence-electron chi connectivity index (χ0n) is 20.7. The molecule has 5 nitrogen and oxygen atoms in total. The molecule has 1 amide bonds. The second kappa shape index (κ2) is 10.5. The summed E-state index contributed by atoms with van der Waals surface area (Å²) in [5.74, 6) is 0.790. The quantitative estimate of drug-likeness (QED) is 0.378. The van der Waals surface area contributed by atoms with E-state index in [1.54, 1.807) is 7.11 Å². The average molecular weight is 484 g/mol. The molecule has 1 aliphatic carbocycles. The molecule has 184 valence electrons. The second-order valence-electron chi connectivity index (χ2n) is 10.2. The molecule has 0 unspecified atom stereocenters. The number of hydrogen-bond acceptors (Lipinski definition) is 4. The number of rotatable bonds is 8. The van der Waals surface area contributed by atoms with Crippen LogP contribution in [-0.4, -0.2) is 42.6 Å². The number of carbonyl (C=O) groups is 2. The fraction of sp³-hybridized carbons (Fsp3) is 0.500. The third-order valence-corrected chi connectivity index (χ3v) is 14.5. The molecule has 2 aromatic carbocycles. The van der Waals surface area contributed by atoms with E-state index in [0.29, 0.717) is 12.8 Å². The summed E-state index contributed by atoms with van der Waals surface area (Å²) >= 11 is 0. The van der Waals surface area contributed by atoms with Crippen molar-refractivity contribution in [1.82, 2.24) is 0 Å². The molecule has 1 saturated heterocycles. The molecule has 1 N–H and O–H groups in total. The minimum absolute atomic E-state index is 0.125. The Morgan fingerprint density at radius 3 is 2.18 bits per heavy atom. The van der Waals surface area contributed by atoms with Gasteiger partial charge in [0.05, 0.1) is 0 Å². The number of nitrogens with one attached hydrogen (secondary N) is 1. The van der Waals surface area contributed by atoms with Gasteiger partial charge in [-0.25, -0.2) is 0 Å². The fourth-order valence-corrected chi connectivity index (χ4v) is 12.5. The molecule has 0 spiro atoms. The van der Waals surface area contributed by atoms with Crippen molar-refractivity contribution in [3.63, 3.8) is 0 Å². The predicted molar refractivity (Wildman–Crippen MR) is 141 cm³/mol. The molecule has 34 heavy (non-hydrogen) atoms. The van der Waals surface area contributed by atoms with Gasteiger partial charge in [-0.2, -0.15) is 0 Å². The first kappa shape index (κ1) is 24.7. The van der Waals surface area contributed by atoms with E-state index < -0.39 is 7.26 Å². The number of amides is 1. The summed E-state index contributed by atoms with van der Waals surface area (Å²) in [6.45, 7) is 4.31. The fourth-order valence-electron chi connectivity index (χ4n) is 6.12. The Bertz CT molecular complexity index is 1000. The Kier molecular flexibility index (Phi) is 7.62. The summed E-state index contributed by atoms with van der Waals surface area (Å²) in [4.78, 5) is 27.1. The number of hydrogen-bond donors (Lipinski definition) is 1. The van der Waals surface area contributed by atoms with Crippen molar-refractivity contribution >= 4 is 24.8 Å². The van der Waals surface area contributed by atoms with E-state index in [0.717, 1.165) is 72.6 Å². The zero-order chi connectivity index (χ0) is 24.2. The first-order valence-electron chi connectivity index (χ1n) is 12.6. The molecule has 0 atom stereocenters. The van der Waals surface area contributed by atoms with Crippen molar-refractivity contribution in [3.8, 4) is 5.75 Å².